The van der Waals surface area contributed by atoms with Crippen molar-refractivity contribution in [2.45, 2.75) is 25.9 Å². The van der Waals surface area contributed by atoms with Gasteiger partial charge in [0.1, 0.15) is 11.9 Å². The lowest BCUT2D eigenvalue weighted by Gasteiger charge is -2.29. The van der Waals surface area contributed by atoms with Crippen LogP contribution in [0.4, 0.5) is 13.2 Å². The number of aliphatic imine (C=N–C) groups is 1. The summed E-state index contributed by atoms with van der Waals surface area (Å²) in [4.78, 5) is 4.30. The summed E-state index contributed by atoms with van der Waals surface area (Å²) in [5.74, 6) is 1.31. The van der Waals surface area contributed by atoms with Gasteiger partial charge in [-0.25, -0.2) is 4.48 Å². The molecule has 0 bridgehead atoms. The molecule has 0 aliphatic carbocycles. The molecule has 19 heavy (non-hydrogen) atoms. The molecule has 0 saturated heterocycles. The van der Waals surface area contributed by atoms with Crippen molar-refractivity contribution in [3.05, 3.63) is 35.5 Å². The number of rotatable bonds is 3. The third-order valence-electron chi connectivity index (χ3n) is 3.44. The SMILES string of the molecule is COC1=CC=C[N+]2(C)C(C)=NC(CCC(F)(F)F)=C12. The van der Waals surface area contributed by atoms with Crippen LogP contribution in [0.2, 0.25) is 0 Å². The van der Waals surface area contributed by atoms with Crippen LogP contribution in [0.3, 0.4) is 0 Å². The average Bonchev–Trinajstić information content (AvgIpc) is 2.58. The number of amidine groups is 1. The molecule has 0 amide bonds. The van der Waals surface area contributed by atoms with Crippen LogP contribution in [0.5, 0.6) is 0 Å². The van der Waals surface area contributed by atoms with Gasteiger partial charge < -0.3 is 4.74 Å². The Balaban J connectivity index is 2.37. The summed E-state index contributed by atoms with van der Waals surface area (Å²) in [6.45, 7) is 1.81. The molecule has 0 aromatic rings. The van der Waals surface area contributed by atoms with Crippen molar-refractivity contribution in [1.82, 2.24) is 0 Å². The Hall–Kier alpha value is -1.56. The molecule has 3 nitrogen and oxygen atoms in total. The monoisotopic (exact) mass is 273 g/mol. The van der Waals surface area contributed by atoms with Crippen LogP contribution < -0.4 is 0 Å². The maximum atomic E-state index is 12.4. The molecular formula is C13H16F3N2O+. The van der Waals surface area contributed by atoms with E-state index in [0.717, 1.165) is 5.84 Å². The first-order chi connectivity index (χ1) is 8.78. The Kier molecular flexibility index (Phi) is 3.30. The van der Waals surface area contributed by atoms with E-state index in [-0.39, 0.29) is 10.9 Å². The summed E-state index contributed by atoms with van der Waals surface area (Å²) in [5, 5.41) is 0. The second kappa shape index (κ2) is 4.52. The van der Waals surface area contributed by atoms with Crippen LogP contribution in [0, 0.1) is 0 Å². The number of hydrogen-bond acceptors (Lipinski definition) is 2. The van der Waals surface area contributed by atoms with E-state index in [0.29, 0.717) is 17.2 Å². The lowest BCUT2D eigenvalue weighted by atomic mass is 10.1. The summed E-state index contributed by atoms with van der Waals surface area (Å²) in [7, 11) is 3.40. The molecule has 1 unspecified atom stereocenters. The summed E-state index contributed by atoms with van der Waals surface area (Å²) >= 11 is 0. The minimum atomic E-state index is -4.18. The van der Waals surface area contributed by atoms with E-state index < -0.39 is 12.6 Å². The van der Waals surface area contributed by atoms with E-state index in [2.05, 4.69) is 4.99 Å². The van der Waals surface area contributed by atoms with Gasteiger partial charge in [-0.1, -0.05) is 0 Å². The van der Waals surface area contributed by atoms with Gasteiger partial charge in [-0.3, -0.25) is 0 Å². The molecule has 0 fully saturated rings. The van der Waals surface area contributed by atoms with Gasteiger partial charge in [0.2, 0.25) is 11.5 Å². The zero-order chi connectivity index (χ0) is 14.3. The van der Waals surface area contributed by atoms with Gasteiger partial charge in [0.25, 0.3) is 0 Å². The maximum Gasteiger partial charge on any atom is 0.389 e. The first-order valence-corrected chi connectivity index (χ1v) is 5.94. The van der Waals surface area contributed by atoms with Crippen LogP contribution in [-0.4, -0.2) is 30.7 Å². The van der Waals surface area contributed by atoms with Gasteiger partial charge in [-0.15, -0.1) is 0 Å². The average molecular weight is 273 g/mol. The molecule has 6 heteroatoms. The lowest BCUT2D eigenvalue weighted by Crippen LogP contribution is -2.41. The molecule has 0 saturated carbocycles. The van der Waals surface area contributed by atoms with Crippen molar-refractivity contribution in [1.29, 1.82) is 0 Å². The number of alkyl halides is 3. The topological polar surface area (TPSA) is 21.6 Å². The van der Waals surface area contributed by atoms with E-state index in [1.807, 2.05) is 26.2 Å². The third-order valence-corrected chi connectivity index (χ3v) is 3.44. The minimum absolute atomic E-state index is 0.126. The smallest absolute Gasteiger partial charge is 0.389 e. The number of hydrogen-bond donors (Lipinski definition) is 0. The van der Waals surface area contributed by atoms with Crippen molar-refractivity contribution >= 4 is 5.84 Å². The zero-order valence-corrected chi connectivity index (χ0v) is 11.1. The molecule has 1 atom stereocenters. The van der Waals surface area contributed by atoms with Crippen molar-refractivity contribution in [3.63, 3.8) is 0 Å². The van der Waals surface area contributed by atoms with Crippen LogP contribution >= 0.6 is 0 Å². The van der Waals surface area contributed by atoms with Crippen LogP contribution in [0.1, 0.15) is 19.8 Å². The molecule has 2 aliphatic heterocycles. The quantitative estimate of drug-likeness (QED) is 0.721. The molecule has 104 valence electrons. The number of halogens is 3. The van der Waals surface area contributed by atoms with Gasteiger partial charge in [0, 0.05) is 19.8 Å². The molecule has 0 spiro atoms. The lowest BCUT2D eigenvalue weighted by molar-refractivity contribution is -0.720. The van der Waals surface area contributed by atoms with Gasteiger partial charge >= 0.3 is 6.18 Å². The van der Waals surface area contributed by atoms with Gasteiger partial charge in [-0.05, 0) is 12.2 Å². The summed E-state index contributed by atoms with van der Waals surface area (Å²) in [6.07, 6.45) is 0.286. The highest BCUT2D eigenvalue weighted by molar-refractivity contribution is 5.79. The van der Waals surface area contributed by atoms with E-state index in [1.165, 1.54) is 7.11 Å². The van der Waals surface area contributed by atoms with E-state index in [1.54, 1.807) is 6.08 Å². The fourth-order valence-electron chi connectivity index (χ4n) is 2.32. The Morgan fingerprint density at radius 3 is 2.63 bits per heavy atom. The molecule has 0 N–H and O–H groups in total. The zero-order valence-electron chi connectivity index (χ0n) is 11.1. The standard InChI is InChI=1S/C13H16F3N2O/c1-9-17-10(6-7-13(14,15)16)12-11(19-3)5-4-8-18(9,12)2/h4-5,8H,6-7H2,1-3H3/q+1. The predicted molar refractivity (Wildman–Crippen MR) is 65.8 cm³/mol. The van der Waals surface area contributed by atoms with Gasteiger partial charge in [-0.2, -0.15) is 18.2 Å². The Labute approximate surface area is 110 Å². The Bertz CT molecular complexity index is 514. The second-order valence-electron chi connectivity index (χ2n) is 4.72. The Morgan fingerprint density at radius 1 is 1.37 bits per heavy atom. The third kappa shape index (κ3) is 2.45. The van der Waals surface area contributed by atoms with E-state index >= 15 is 0 Å². The highest BCUT2D eigenvalue weighted by Gasteiger charge is 2.43. The second-order valence-corrected chi connectivity index (χ2v) is 4.72. The number of likely N-dealkylation sites (N-methyl/N-ethyl adjacent to an activating group) is 1. The summed E-state index contributed by atoms with van der Waals surface area (Å²) < 4.78 is 42.7. The first-order valence-electron chi connectivity index (χ1n) is 5.94. The number of nitrogens with zero attached hydrogens (tertiary/aromatic N) is 2. The molecule has 2 aliphatic rings. The molecule has 0 aromatic heterocycles. The fourth-order valence-corrected chi connectivity index (χ4v) is 2.32. The van der Waals surface area contributed by atoms with Crippen molar-refractivity contribution < 1.29 is 22.4 Å². The number of allylic oxidation sites excluding steroid dienone is 3. The predicted octanol–water partition coefficient (Wildman–Crippen LogP) is 3.48. The first kappa shape index (κ1) is 13.9. The largest absolute Gasteiger partial charge is 0.491 e. The molecule has 0 radical (unpaired) electrons. The van der Waals surface area contributed by atoms with E-state index in [9.17, 15) is 13.2 Å². The Morgan fingerprint density at radius 2 is 2.05 bits per heavy atom. The normalized spacial score (nSPS) is 26.2. The highest BCUT2D eigenvalue weighted by Crippen LogP contribution is 2.39. The minimum Gasteiger partial charge on any atom is -0.491 e. The fraction of sp³-hybridized carbons (Fsp3) is 0.462. The summed E-state index contributed by atoms with van der Waals surface area (Å²) in [6, 6.07) is 0. The maximum absolute atomic E-state index is 12.4. The van der Waals surface area contributed by atoms with Gasteiger partial charge in [0.05, 0.1) is 14.2 Å². The van der Waals surface area contributed by atoms with Gasteiger partial charge in [0.15, 0.2) is 5.76 Å². The van der Waals surface area contributed by atoms with Crippen molar-refractivity contribution in [2.75, 3.05) is 14.2 Å². The summed E-state index contributed by atoms with van der Waals surface area (Å²) in [5.41, 5.74) is 1.15. The van der Waals surface area contributed by atoms with Crippen LogP contribution in [-0.2, 0) is 4.74 Å². The van der Waals surface area contributed by atoms with Crippen LogP contribution in [0.15, 0.2) is 40.5 Å². The number of fused-ring (bicyclic) bond motifs is 1. The molecule has 0 aromatic carbocycles. The molecule has 2 heterocycles. The molecular weight excluding hydrogens is 257 g/mol. The number of methoxy groups -OCH3 is 1. The van der Waals surface area contributed by atoms with Crippen molar-refractivity contribution in [2.24, 2.45) is 4.99 Å². The van der Waals surface area contributed by atoms with Crippen LogP contribution in [0.25, 0.3) is 0 Å². The molecule has 2 rings (SSSR count). The van der Waals surface area contributed by atoms with Crippen molar-refractivity contribution in [3.8, 4) is 0 Å². The highest BCUT2D eigenvalue weighted by atomic mass is 19.4. The number of quaternary nitrogens is 1. The van der Waals surface area contributed by atoms with E-state index in [4.69, 9.17) is 4.74 Å². The number of ether oxygens (including phenoxy) is 1.